The van der Waals surface area contributed by atoms with Crippen molar-refractivity contribution in [3.63, 3.8) is 0 Å². The molecular weight excluding hydrogens is 266 g/mol. The van der Waals surface area contributed by atoms with Crippen LogP contribution in [0.3, 0.4) is 0 Å². The van der Waals surface area contributed by atoms with E-state index in [0.717, 1.165) is 11.1 Å². The van der Waals surface area contributed by atoms with Crippen molar-refractivity contribution in [3.8, 4) is 0 Å². The van der Waals surface area contributed by atoms with Gasteiger partial charge in [-0.1, -0.05) is 42.5 Å². The van der Waals surface area contributed by atoms with Crippen molar-refractivity contribution >= 4 is 11.9 Å². The fourth-order valence-electron chi connectivity index (χ4n) is 2.69. The van der Waals surface area contributed by atoms with Gasteiger partial charge in [-0.05, 0) is 23.3 Å². The Morgan fingerprint density at radius 2 is 1.71 bits per heavy atom. The molecule has 1 aliphatic heterocycles. The molecule has 0 fully saturated rings. The fourth-order valence-corrected chi connectivity index (χ4v) is 2.69. The van der Waals surface area contributed by atoms with Gasteiger partial charge >= 0.3 is 5.97 Å². The number of hydrogen-bond donors (Lipinski definition) is 0. The van der Waals surface area contributed by atoms with E-state index in [2.05, 4.69) is 0 Å². The number of carbonyl (C=O) groups is 2. The predicted octanol–water partition coefficient (Wildman–Crippen LogP) is 2.56. The van der Waals surface area contributed by atoms with Crippen molar-refractivity contribution < 1.29 is 14.3 Å². The number of rotatable bonds is 2. The smallest absolute Gasteiger partial charge is 0.333 e. The third-order valence-electron chi connectivity index (χ3n) is 3.71. The summed E-state index contributed by atoms with van der Waals surface area (Å²) in [6.07, 6.45) is 0. The average Bonchev–Trinajstić information content (AvgIpc) is 2.93. The lowest BCUT2D eigenvalue weighted by Crippen LogP contribution is -2.34. The van der Waals surface area contributed by atoms with E-state index in [1.54, 1.807) is 17.0 Å². The molecule has 2 aromatic carbocycles. The highest BCUT2D eigenvalue weighted by molar-refractivity contribution is 5.97. The minimum Gasteiger partial charge on any atom is -0.467 e. The Labute approximate surface area is 123 Å². The average molecular weight is 281 g/mol. The molecule has 1 aliphatic rings. The van der Waals surface area contributed by atoms with Gasteiger partial charge in [-0.25, -0.2) is 4.79 Å². The van der Waals surface area contributed by atoms with Crippen LogP contribution in [0.4, 0.5) is 0 Å². The van der Waals surface area contributed by atoms with Gasteiger partial charge < -0.3 is 9.64 Å². The molecule has 2 aromatic rings. The van der Waals surface area contributed by atoms with Gasteiger partial charge in [0.2, 0.25) is 0 Å². The molecule has 21 heavy (non-hydrogen) atoms. The zero-order chi connectivity index (χ0) is 14.8. The molecule has 1 atom stereocenters. The third-order valence-corrected chi connectivity index (χ3v) is 3.71. The second-order valence-electron chi connectivity index (χ2n) is 4.92. The molecule has 0 saturated heterocycles. The summed E-state index contributed by atoms with van der Waals surface area (Å²) in [4.78, 5) is 26.3. The zero-order valence-corrected chi connectivity index (χ0v) is 11.7. The Balaban J connectivity index is 1.99. The highest BCUT2D eigenvalue weighted by Gasteiger charge is 2.39. The monoisotopic (exact) mass is 281 g/mol. The van der Waals surface area contributed by atoms with Gasteiger partial charge in [-0.15, -0.1) is 0 Å². The molecule has 4 nitrogen and oxygen atoms in total. The maximum Gasteiger partial charge on any atom is 0.333 e. The lowest BCUT2D eigenvalue weighted by atomic mass is 10.1. The van der Waals surface area contributed by atoms with Crippen molar-refractivity contribution in [1.82, 2.24) is 4.90 Å². The Hall–Kier alpha value is -2.62. The Morgan fingerprint density at radius 1 is 1.05 bits per heavy atom. The Morgan fingerprint density at radius 3 is 2.43 bits per heavy atom. The molecule has 0 radical (unpaired) electrons. The summed E-state index contributed by atoms with van der Waals surface area (Å²) in [6.45, 7) is 0.420. The summed E-state index contributed by atoms with van der Waals surface area (Å²) in [5.74, 6) is -0.577. The molecular formula is C17H15NO3. The Bertz CT molecular complexity index is 681. The van der Waals surface area contributed by atoms with Crippen LogP contribution in [0.5, 0.6) is 0 Å². The van der Waals surface area contributed by atoms with Gasteiger partial charge in [0, 0.05) is 12.1 Å². The summed E-state index contributed by atoms with van der Waals surface area (Å²) < 4.78 is 4.87. The van der Waals surface area contributed by atoms with Crippen LogP contribution in [-0.4, -0.2) is 23.9 Å². The van der Waals surface area contributed by atoms with Crippen LogP contribution >= 0.6 is 0 Å². The number of nitrogens with zero attached hydrogens (tertiary/aromatic N) is 1. The summed E-state index contributed by atoms with van der Waals surface area (Å²) in [7, 11) is 1.34. The van der Waals surface area contributed by atoms with E-state index >= 15 is 0 Å². The summed E-state index contributed by atoms with van der Waals surface area (Å²) in [6, 6.07) is 15.9. The molecule has 1 heterocycles. The van der Waals surface area contributed by atoms with Crippen molar-refractivity contribution in [1.29, 1.82) is 0 Å². The first-order valence-corrected chi connectivity index (χ1v) is 6.74. The SMILES string of the molecule is COC(=O)C1c2ccccc2CN1C(=O)c1ccccc1. The minimum atomic E-state index is -0.668. The van der Waals surface area contributed by atoms with Crippen LogP contribution in [0.2, 0.25) is 0 Å². The summed E-state index contributed by atoms with van der Waals surface area (Å²) >= 11 is 0. The van der Waals surface area contributed by atoms with Crippen LogP contribution in [0.1, 0.15) is 27.5 Å². The molecule has 0 aromatic heterocycles. The first kappa shape index (κ1) is 13.4. The number of esters is 1. The van der Waals surface area contributed by atoms with Gasteiger partial charge in [-0.3, -0.25) is 4.79 Å². The largest absolute Gasteiger partial charge is 0.467 e. The lowest BCUT2D eigenvalue weighted by Gasteiger charge is -2.23. The fraction of sp³-hybridized carbons (Fsp3) is 0.176. The van der Waals surface area contributed by atoms with E-state index in [1.807, 2.05) is 42.5 Å². The van der Waals surface area contributed by atoms with E-state index in [-0.39, 0.29) is 5.91 Å². The van der Waals surface area contributed by atoms with Gasteiger partial charge in [0.15, 0.2) is 6.04 Å². The number of carbonyl (C=O) groups excluding carboxylic acids is 2. The first-order chi connectivity index (χ1) is 10.2. The molecule has 1 unspecified atom stereocenters. The number of hydrogen-bond acceptors (Lipinski definition) is 3. The van der Waals surface area contributed by atoms with Crippen LogP contribution in [0.25, 0.3) is 0 Å². The van der Waals surface area contributed by atoms with E-state index in [4.69, 9.17) is 4.74 Å². The zero-order valence-electron chi connectivity index (χ0n) is 11.7. The van der Waals surface area contributed by atoms with Crippen LogP contribution < -0.4 is 0 Å². The molecule has 3 rings (SSSR count). The van der Waals surface area contributed by atoms with Gasteiger partial charge in [0.1, 0.15) is 0 Å². The van der Waals surface area contributed by atoms with Gasteiger partial charge in [0.25, 0.3) is 5.91 Å². The maximum absolute atomic E-state index is 12.7. The number of benzene rings is 2. The first-order valence-electron chi connectivity index (χ1n) is 6.74. The predicted molar refractivity (Wildman–Crippen MR) is 77.5 cm³/mol. The molecule has 0 saturated carbocycles. The molecule has 0 N–H and O–H groups in total. The molecule has 1 amide bonds. The van der Waals surface area contributed by atoms with Gasteiger partial charge in [-0.2, -0.15) is 0 Å². The molecule has 0 aliphatic carbocycles. The van der Waals surface area contributed by atoms with E-state index in [1.165, 1.54) is 7.11 Å². The second kappa shape index (κ2) is 5.40. The topological polar surface area (TPSA) is 46.6 Å². The number of ether oxygens (including phenoxy) is 1. The Kier molecular flexibility index (Phi) is 3.44. The number of methoxy groups -OCH3 is 1. The van der Waals surface area contributed by atoms with Crippen molar-refractivity contribution in [2.45, 2.75) is 12.6 Å². The van der Waals surface area contributed by atoms with Crippen molar-refractivity contribution in [2.75, 3.05) is 7.11 Å². The minimum absolute atomic E-state index is 0.165. The normalized spacial score (nSPS) is 16.4. The van der Waals surface area contributed by atoms with E-state index in [0.29, 0.717) is 12.1 Å². The van der Waals surface area contributed by atoms with E-state index in [9.17, 15) is 9.59 Å². The quantitative estimate of drug-likeness (QED) is 0.795. The van der Waals surface area contributed by atoms with Crippen LogP contribution in [0, 0.1) is 0 Å². The molecule has 106 valence electrons. The summed E-state index contributed by atoms with van der Waals surface area (Å²) in [5.41, 5.74) is 2.39. The van der Waals surface area contributed by atoms with E-state index < -0.39 is 12.0 Å². The standard InChI is InChI=1S/C17H15NO3/c1-21-17(20)15-14-10-6-5-9-13(14)11-18(15)16(19)12-7-3-2-4-8-12/h2-10,15H,11H2,1H3. The number of amides is 1. The van der Waals surface area contributed by atoms with Crippen LogP contribution in [0.15, 0.2) is 54.6 Å². The van der Waals surface area contributed by atoms with Gasteiger partial charge in [0.05, 0.1) is 7.11 Å². The highest BCUT2D eigenvalue weighted by atomic mass is 16.5. The lowest BCUT2D eigenvalue weighted by molar-refractivity contribution is -0.145. The second-order valence-corrected chi connectivity index (χ2v) is 4.92. The third kappa shape index (κ3) is 2.29. The summed E-state index contributed by atoms with van der Waals surface area (Å²) in [5, 5.41) is 0. The van der Waals surface area contributed by atoms with Crippen LogP contribution in [-0.2, 0) is 16.1 Å². The molecule has 4 heteroatoms. The molecule has 0 bridgehead atoms. The molecule has 0 spiro atoms. The van der Waals surface area contributed by atoms with Crippen molar-refractivity contribution in [2.24, 2.45) is 0 Å². The maximum atomic E-state index is 12.7. The van der Waals surface area contributed by atoms with Crippen molar-refractivity contribution in [3.05, 3.63) is 71.3 Å². The number of fused-ring (bicyclic) bond motifs is 1. The highest BCUT2D eigenvalue weighted by Crippen LogP contribution is 2.35.